The van der Waals surface area contributed by atoms with Crippen molar-refractivity contribution in [3.63, 3.8) is 0 Å². The predicted octanol–water partition coefficient (Wildman–Crippen LogP) is 2.93. The van der Waals surface area contributed by atoms with E-state index >= 15 is 0 Å². The summed E-state index contributed by atoms with van der Waals surface area (Å²) < 4.78 is 14.2. The summed E-state index contributed by atoms with van der Waals surface area (Å²) in [7, 11) is 0. The van der Waals surface area contributed by atoms with Gasteiger partial charge in [0.1, 0.15) is 5.67 Å². The van der Waals surface area contributed by atoms with Crippen LogP contribution >= 0.6 is 0 Å². The zero-order valence-corrected chi connectivity index (χ0v) is 9.17. The Hall–Kier alpha value is -0.890. The van der Waals surface area contributed by atoms with Gasteiger partial charge in [0.25, 0.3) is 0 Å². The number of aryl methyl sites for hydroxylation is 1. The average molecular weight is 207 g/mol. The molecule has 0 spiro atoms. The molecule has 15 heavy (non-hydrogen) atoms. The lowest BCUT2D eigenvalue weighted by atomic mass is 9.73. The summed E-state index contributed by atoms with van der Waals surface area (Å²) in [6.07, 6.45) is 3.07. The Morgan fingerprint density at radius 1 is 1.47 bits per heavy atom. The van der Waals surface area contributed by atoms with Crippen LogP contribution in [0.2, 0.25) is 0 Å². The monoisotopic (exact) mass is 207 g/mol. The van der Waals surface area contributed by atoms with Crippen LogP contribution in [-0.4, -0.2) is 6.04 Å². The summed E-state index contributed by atoms with van der Waals surface area (Å²) in [6, 6.07) is 7.94. The molecule has 1 aliphatic carbocycles. The number of benzene rings is 1. The molecular weight excluding hydrogens is 189 g/mol. The maximum atomic E-state index is 14.2. The number of hydrogen-bond acceptors (Lipinski definition) is 1. The molecular formula is C13H18FN. The lowest BCUT2D eigenvalue weighted by Crippen LogP contribution is -2.46. The van der Waals surface area contributed by atoms with E-state index in [1.807, 2.05) is 18.2 Å². The van der Waals surface area contributed by atoms with Crippen LogP contribution in [0, 0.1) is 0 Å². The first-order valence-electron chi connectivity index (χ1n) is 5.68. The van der Waals surface area contributed by atoms with E-state index in [4.69, 9.17) is 5.73 Å². The van der Waals surface area contributed by atoms with Crippen molar-refractivity contribution >= 4 is 0 Å². The molecule has 1 fully saturated rings. The van der Waals surface area contributed by atoms with Crippen molar-refractivity contribution in [1.29, 1.82) is 0 Å². The van der Waals surface area contributed by atoms with Gasteiger partial charge in [0.2, 0.25) is 0 Å². The minimum absolute atomic E-state index is 0.0461. The van der Waals surface area contributed by atoms with Crippen molar-refractivity contribution < 1.29 is 4.39 Å². The van der Waals surface area contributed by atoms with Gasteiger partial charge in [0.15, 0.2) is 0 Å². The summed E-state index contributed by atoms with van der Waals surface area (Å²) in [5, 5.41) is 0. The molecule has 1 aromatic rings. The Balaban J connectivity index is 2.18. The molecule has 82 valence electrons. The van der Waals surface area contributed by atoms with Gasteiger partial charge in [0.05, 0.1) is 0 Å². The Morgan fingerprint density at radius 3 is 2.80 bits per heavy atom. The fourth-order valence-corrected chi connectivity index (χ4v) is 2.30. The Kier molecular flexibility index (Phi) is 2.79. The highest BCUT2D eigenvalue weighted by atomic mass is 19.1. The van der Waals surface area contributed by atoms with Crippen molar-refractivity contribution in [2.45, 2.75) is 44.3 Å². The molecule has 0 radical (unpaired) electrons. The fourth-order valence-electron chi connectivity index (χ4n) is 2.30. The van der Waals surface area contributed by atoms with Crippen molar-refractivity contribution in [3.8, 4) is 0 Å². The van der Waals surface area contributed by atoms with E-state index in [1.54, 1.807) is 0 Å². The minimum Gasteiger partial charge on any atom is -0.327 e. The smallest absolute Gasteiger partial charge is 0.139 e. The number of alkyl halides is 1. The Morgan fingerprint density at radius 2 is 2.20 bits per heavy atom. The second-order valence-electron chi connectivity index (χ2n) is 4.58. The lowest BCUT2D eigenvalue weighted by Gasteiger charge is -2.39. The highest BCUT2D eigenvalue weighted by Crippen LogP contribution is 2.44. The summed E-state index contributed by atoms with van der Waals surface area (Å²) in [6.45, 7) is 2.14. The van der Waals surface area contributed by atoms with Crippen LogP contribution in [-0.2, 0) is 12.1 Å². The molecule has 0 bridgehead atoms. The summed E-state index contributed by atoms with van der Waals surface area (Å²) in [5.41, 5.74) is 6.54. The van der Waals surface area contributed by atoms with Crippen molar-refractivity contribution in [1.82, 2.24) is 0 Å². The molecule has 1 aliphatic rings. The Labute approximate surface area is 90.5 Å². The molecule has 1 saturated carbocycles. The molecule has 2 N–H and O–H groups in total. The van der Waals surface area contributed by atoms with Gasteiger partial charge in [-0.25, -0.2) is 4.39 Å². The van der Waals surface area contributed by atoms with Gasteiger partial charge in [-0.05, 0) is 17.5 Å². The third kappa shape index (κ3) is 2.05. The van der Waals surface area contributed by atoms with E-state index in [0.29, 0.717) is 12.8 Å². The summed E-state index contributed by atoms with van der Waals surface area (Å²) in [4.78, 5) is 0. The molecule has 1 aromatic carbocycles. The molecule has 0 aromatic heterocycles. The van der Waals surface area contributed by atoms with Crippen LogP contribution in [0.4, 0.5) is 4.39 Å². The zero-order valence-electron chi connectivity index (χ0n) is 9.17. The zero-order chi connectivity index (χ0) is 10.9. The van der Waals surface area contributed by atoms with Crippen LogP contribution in [0.25, 0.3) is 0 Å². The van der Waals surface area contributed by atoms with Crippen LogP contribution in [0.5, 0.6) is 0 Å². The van der Waals surface area contributed by atoms with Gasteiger partial charge >= 0.3 is 0 Å². The standard InChI is InChI=1S/C13H18FN/c1-2-4-10-5-3-6-11(7-10)13(14)8-12(15)9-13/h3,5-7,12H,2,4,8-9,15H2,1H3. The molecule has 2 heteroatoms. The van der Waals surface area contributed by atoms with Crippen LogP contribution in [0.15, 0.2) is 24.3 Å². The highest BCUT2D eigenvalue weighted by Gasteiger charge is 2.44. The third-order valence-electron chi connectivity index (χ3n) is 3.15. The van der Waals surface area contributed by atoms with Crippen LogP contribution < -0.4 is 5.73 Å². The normalized spacial score (nSPS) is 29.9. The van der Waals surface area contributed by atoms with Gasteiger partial charge in [-0.2, -0.15) is 0 Å². The molecule has 2 rings (SSSR count). The first-order chi connectivity index (χ1) is 7.14. The van der Waals surface area contributed by atoms with Gasteiger partial charge in [-0.15, -0.1) is 0 Å². The molecule has 0 atom stereocenters. The van der Waals surface area contributed by atoms with Crippen molar-refractivity contribution in [3.05, 3.63) is 35.4 Å². The maximum Gasteiger partial charge on any atom is 0.139 e. The quantitative estimate of drug-likeness (QED) is 0.810. The van der Waals surface area contributed by atoms with Gasteiger partial charge < -0.3 is 5.73 Å². The maximum absolute atomic E-state index is 14.2. The number of halogens is 1. The van der Waals surface area contributed by atoms with Gasteiger partial charge in [-0.1, -0.05) is 37.6 Å². The van der Waals surface area contributed by atoms with Crippen molar-refractivity contribution in [2.24, 2.45) is 5.73 Å². The average Bonchev–Trinajstić information content (AvgIpc) is 2.17. The van der Waals surface area contributed by atoms with E-state index in [-0.39, 0.29) is 6.04 Å². The highest BCUT2D eigenvalue weighted by molar-refractivity contribution is 5.31. The number of rotatable bonds is 3. The van der Waals surface area contributed by atoms with Gasteiger partial charge in [-0.3, -0.25) is 0 Å². The summed E-state index contributed by atoms with van der Waals surface area (Å²) in [5.74, 6) is 0. The van der Waals surface area contributed by atoms with Gasteiger partial charge in [0, 0.05) is 18.9 Å². The van der Waals surface area contributed by atoms with E-state index in [9.17, 15) is 4.39 Å². The lowest BCUT2D eigenvalue weighted by molar-refractivity contribution is 0.0405. The first kappa shape index (κ1) is 10.6. The number of hydrogen-bond donors (Lipinski definition) is 1. The van der Waals surface area contributed by atoms with Crippen LogP contribution in [0.3, 0.4) is 0 Å². The number of nitrogens with two attached hydrogens (primary N) is 1. The molecule has 0 saturated heterocycles. The van der Waals surface area contributed by atoms with E-state index in [2.05, 4.69) is 13.0 Å². The predicted molar refractivity (Wildman–Crippen MR) is 60.4 cm³/mol. The minimum atomic E-state index is -1.15. The van der Waals surface area contributed by atoms with E-state index < -0.39 is 5.67 Å². The molecule has 1 nitrogen and oxygen atoms in total. The van der Waals surface area contributed by atoms with E-state index in [0.717, 1.165) is 18.4 Å². The molecule has 0 heterocycles. The molecule has 0 amide bonds. The molecule has 0 unspecified atom stereocenters. The molecule has 0 aliphatic heterocycles. The van der Waals surface area contributed by atoms with E-state index in [1.165, 1.54) is 5.56 Å². The van der Waals surface area contributed by atoms with Crippen LogP contribution in [0.1, 0.15) is 37.3 Å². The SMILES string of the molecule is CCCc1cccc(C2(F)CC(N)C2)c1. The topological polar surface area (TPSA) is 26.0 Å². The van der Waals surface area contributed by atoms with Crippen molar-refractivity contribution in [2.75, 3.05) is 0 Å². The largest absolute Gasteiger partial charge is 0.327 e. The third-order valence-corrected chi connectivity index (χ3v) is 3.15. The first-order valence-corrected chi connectivity index (χ1v) is 5.68. The second kappa shape index (κ2) is 3.93. The Bertz CT molecular complexity index is 342. The second-order valence-corrected chi connectivity index (χ2v) is 4.58. The fraction of sp³-hybridized carbons (Fsp3) is 0.538. The summed E-state index contributed by atoms with van der Waals surface area (Å²) >= 11 is 0.